The maximum Gasteiger partial charge on any atom is 0.340 e. The van der Waals surface area contributed by atoms with Crippen LogP contribution in [0.1, 0.15) is 48.3 Å². The molecule has 2 aromatic rings. The van der Waals surface area contributed by atoms with Crippen molar-refractivity contribution in [2.75, 3.05) is 18.5 Å². The van der Waals surface area contributed by atoms with Crippen LogP contribution in [0.5, 0.6) is 0 Å². The molecule has 0 saturated carbocycles. The Hall–Kier alpha value is -2.66. The zero-order chi connectivity index (χ0) is 18.9. The average molecular weight is 354 g/mol. The molecule has 0 radical (unpaired) electrons. The molecular weight excluding hydrogens is 328 g/mol. The van der Waals surface area contributed by atoms with Gasteiger partial charge in [-0.15, -0.1) is 0 Å². The fourth-order valence-corrected chi connectivity index (χ4v) is 2.58. The van der Waals surface area contributed by atoms with Crippen molar-refractivity contribution in [3.8, 4) is 0 Å². The summed E-state index contributed by atoms with van der Waals surface area (Å²) in [5, 5.41) is 5.97. The van der Waals surface area contributed by atoms with Crippen LogP contribution >= 0.6 is 0 Å². The van der Waals surface area contributed by atoms with E-state index >= 15 is 0 Å². The van der Waals surface area contributed by atoms with Gasteiger partial charge < -0.3 is 15.4 Å². The Bertz CT molecular complexity index is 741. The summed E-state index contributed by atoms with van der Waals surface area (Å²) in [6, 6.07) is 15.2. The fourth-order valence-electron chi connectivity index (χ4n) is 2.58. The van der Waals surface area contributed by atoms with E-state index in [2.05, 4.69) is 41.8 Å². The van der Waals surface area contributed by atoms with Crippen LogP contribution in [0.15, 0.2) is 48.5 Å². The third-order valence-corrected chi connectivity index (χ3v) is 4.15. The molecule has 0 saturated heterocycles. The highest BCUT2D eigenvalue weighted by Gasteiger charge is 2.14. The molecule has 5 heteroatoms. The predicted molar refractivity (Wildman–Crippen MR) is 103 cm³/mol. The normalized spacial score (nSPS) is 11.7. The van der Waals surface area contributed by atoms with Crippen molar-refractivity contribution in [3.05, 3.63) is 65.2 Å². The largest absolute Gasteiger partial charge is 0.462 e. The third-order valence-electron chi connectivity index (χ3n) is 4.15. The summed E-state index contributed by atoms with van der Waals surface area (Å²) in [7, 11) is 0. The van der Waals surface area contributed by atoms with E-state index in [-0.39, 0.29) is 25.1 Å². The van der Waals surface area contributed by atoms with Crippen molar-refractivity contribution in [2.45, 2.75) is 33.2 Å². The van der Waals surface area contributed by atoms with Gasteiger partial charge in [0.25, 0.3) is 0 Å². The molecule has 0 fully saturated rings. The molecule has 0 spiro atoms. The minimum Gasteiger partial charge on any atom is -0.462 e. The minimum absolute atomic E-state index is 0.0481. The highest BCUT2D eigenvalue weighted by Crippen LogP contribution is 2.17. The van der Waals surface area contributed by atoms with Crippen LogP contribution in [-0.4, -0.2) is 25.0 Å². The number of hydrogen-bond acceptors (Lipinski definition) is 4. The molecule has 138 valence electrons. The summed E-state index contributed by atoms with van der Waals surface area (Å²) >= 11 is 0. The van der Waals surface area contributed by atoms with Gasteiger partial charge in [0.2, 0.25) is 5.91 Å². The van der Waals surface area contributed by atoms with Crippen molar-refractivity contribution in [1.82, 2.24) is 5.32 Å². The first kappa shape index (κ1) is 19.7. The third kappa shape index (κ3) is 5.43. The van der Waals surface area contributed by atoms with E-state index in [1.165, 1.54) is 5.56 Å². The van der Waals surface area contributed by atoms with Crippen molar-refractivity contribution in [1.29, 1.82) is 0 Å². The molecule has 2 N–H and O–H groups in total. The van der Waals surface area contributed by atoms with Gasteiger partial charge in [-0.05, 0) is 43.5 Å². The van der Waals surface area contributed by atoms with Crippen LogP contribution in [0.2, 0.25) is 0 Å². The molecule has 0 unspecified atom stereocenters. The summed E-state index contributed by atoms with van der Waals surface area (Å²) < 4.78 is 5.02. The highest BCUT2D eigenvalue weighted by molar-refractivity contribution is 6.01. The number of aryl methyl sites for hydroxylation is 1. The number of ether oxygens (including phenoxy) is 1. The van der Waals surface area contributed by atoms with Crippen LogP contribution in [0.3, 0.4) is 0 Å². The van der Waals surface area contributed by atoms with Crippen molar-refractivity contribution < 1.29 is 14.3 Å². The second-order valence-electron chi connectivity index (χ2n) is 6.01. The number of esters is 1. The Morgan fingerprint density at radius 3 is 2.38 bits per heavy atom. The van der Waals surface area contributed by atoms with Crippen molar-refractivity contribution >= 4 is 17.6 Å². The minimum atomic E-state index is -0.444. The molecule has 1 amide bonds. The average Bonchev–Trinajstić information content (AvgIpc) is 2.66. The molecule has 26 heavy (non-hydrogen) atoms. The number of amides is 1. The number of hydrogen-bond donors (Lipinski definition) is 2. The van der Waals surface area contributed by atoms with Gasteiger partial charge in [-0.1, -0.05) is 43.3 Å². The molecule has 0 aliphatic carbocycles. The zero-order valence-electron chi connectivity index (χ0n) is 15.5. The topological polar surface area (TPSA) is 67.4 Å². The first-order chi connectivity index (χ1) is 12.5. The molecule has 0 heterocycles. The smallest absolute Gasteiger partial charge is 0.340 e. The molecule has 0 aliphatic rings. The monoisotopic (exact) mass is 354 g/mol. The van der Waals surface area contributed by atoms with Gasteiger partial charge in [-0.25, -0.2) is 4.79 Å². The highest BCUT2D eigenvalue weighted by atomic mass is 16.5. The van der Waals surface area contributed by atoms with Gasteiger partial charge in [-0.2, -0.15) is 0 Å². The van der Waals surface area contributed by atoms with Gasteiger partial charge in [0, 0.05) is 6.04 Å². The maximum absolute atomic E-state index is 12.3. The molecule has 0 aromatic heterocycles. The molecule has 5 nitrogen and oxygen atoms in total. The van der Waals surface area contributed by atoms with Gasteiger partial charge in [-0.3, -0.25) is 4.79 Å². The fraction of sp³-hybridized carbons (Fsp3) is 0.333. The Morgan fingerprint density at radius 2 is 1.73 bits per heavy atom. The number of carbonyl (C=O) groups is 2. The van der Waals surface area contributed by atoms with Crippen LogP contribution in [0.25, 0.3) is 0 Å². The summed E-state index contributed by atoms with van der Waals surface area (Å²) in [5.74, 6) is -0.653. The van der Waals surface area contributed by atoms with E-state index < -0.39 is 5.97 Å². The van der Waals surface area contributed by atoms with Crippen molar-refractivity contribution in [2.24, 2.45) is 0 Å². The van der Waals surface area contributed by atoms with E-state index in [0.29, 0.717) is 11.3 Å². The molecular formula is C21H26N2O3. The second-order valence-corrected chi connectivity index (χ2v) is 6.01. The molecule has 1 atom stereocenters. The lowest BCUT2D eigenvalue weighted by Gasteiger charge is -2.15. The number of benzene rings is 2. The Morgan fingerprint density at radius 1 is 1.04 bits per heavy atom. The van der Waals surface area contributed by atoms with Crippen LogP contribution in [0.4, 0.5) is 5.69 Å². The number of carbonyl (C=O) groups excluding carboxylic acids is 2. The summed E-state index contributed by atoms with van der Waals surface area (Å²) in [5.41, 5.74) is 3.22. The summed E-state index contributed by atoms with van der Waals surface area (Å²) in [6.07, 6.45) is 1.00. The number of anilines is 1. The van der Waals surface area contributed by atoms with Crippen LogP contribution < -0.4 is 10.6 Å². The molecule has 2 rings (SSSR count). The molecule has 0 aliphatic heterocycles. The van der Waals surface area contributed by atoms with E-state index in [9.17, 15) is 9.59 Å². The standard InChI is InChI=1S/C21H26N2O3/c1-4-16-10-12-17(13-11-16)15(3)22-14-20(24)23-19-9-7-6-8-18(19)21(25)26-5-2/h6-13,15,22H,4-5,14H2,1-3H3,(H,23,24)/t15-/m1/s1. The van der Waals surface area contributed by atoms with Gasteiger partial charge in [0.1, 0.15) is 0 Å². The Kier molecular flexibility index (Phi) is 7.36. The lowest BCUT2D eigenvalue weighted by molar-refractivity contribution is -0.115. The van der Waals surface area contributed by atoms with E-state index in [0.717, 1.165) is 12.0 Å². The van der Waals surface area contributed by atoms with Gasteiger partial charge in [0.15, 0.2) is 0 Å². The Balaban J connectivity index is 1.93. The van der Waals surface area contributed by atoms with E-state index in [4.69, 9.17) is 4.74 Å². The predicted octanol–water partition coefficient (Wildman–Crippen LogP) is 3.72. The summed E-state index contributed by atoms with van der Waals surface area (Å²) in [6.45, 7) is 6.32. The lowest BCUT2D eigenvalue weighted by Crippen LogP contribution is -2.30. The first-order valence-corrected chi connectivity index (χ1v) is 8.93. The maximum atomic E-state index is 12.3. The summed E-state index contributed by atoms with van der Waals surface area (Å²) in [4.78, 5) is 24.2. The van der Waals surface area contributed by atoms with Gasteiger partial charge in [0.05, 0.1) is 24.4 Å². The van der Waals surface area contributed by atoms with E-state index in [1.54, 1.807) is 31.2 Å². The number of nitrogens with one attached hydrogen (secondary N) is 2. The quantitative estimate of drug-likeness (QED) is 0.709. The molecule has 0 bridgehead atoms. The second kappa shape index (κ2) is 9.73. The lowest BCUT2D eigenvalue weighted by atomic mass is 10.1. The SMILES string of the molecule is CCOC(=O)c1ccccc1NC(=O)CN[C@H](C)c1ccc(CC)cc1. The number of rotatable bonds is 8. The van der Waals surface area contributed by atoms with Gasteiger partial charge >= 0.3 is 5.97 Å². The number of para-hydroxylation sites is 1. The first-order valence-electron chi connectivity index (χ1n) is 8.93. The van der Waals surface area contributed by atoms with Crippen LogP contribution in [0, 0.1) is 0 Å². The van der Waals surface area contributed by atoms with E-state index in [1.807, 2.05) is 6.92 Å². The van der Waals surface area contributed by atoms with Crippen molar-refractivity contribution in [3.63, 3.8) is 0 Å². The zero-order valence-corrected chi connectivity index (χ0v) is 15.5. The molecule has 2 aromatic carbocycles. The Labute approximate surface area is 154 Å². The van der Waals surface area contributed by atoms with Crippen LogP contribution in [-0.2, 0) is 16.0 Å².